The van der Waals surface area contributed by atoms with Crippen LogP contribution in [0.1, 0.15) is 65.7 Å². The van der Waals surface area contributed by atoms with Crippen molar-refractivity contribution in [3.8, 4) is 0 Å². The van der Waals surface area contributed by atoms with Gasteiger partial charge < -0.3 is 30.9 Å². The number of primary amides is 1. The Morgan fingerprint density at radius 2 is 1.62 bits per heavy atom. The zero-order valence-electron chi connectivity index (χ0n) is 22.2. The van der Waals surface area contributed by atoms with Gasteiger partial charge in [0.2, 0.25) is 5.91 Å². The fraction of sp³-hybridized carbons (Fsp3) is 0.630. The first kappa shape index (κ1) is 34.2. The van der Waals surface area contributed by atoms with E-state index in [0.29, 0.717) is 31.3 Å². The van der Waals surface area contributed by atoms with Gasteiger partial charge in [0.15, 0.2) is 0 Å². The van der Waals surface area contributed by atoms with E-state index in [0.717, 1.165) is 6.08 Å². The summed E-state index contributed by atoms with van der Waals surface area (Å²) in [5, 5.41) is 38.9. The molecule has 0 spiro atoms. The van der Waals surface area contributed by atoms with Crippen molar-refractivity contribution in [2.75, 3.05) is 7.11 Å². The molecule has 0 aliphatic carbocycles. The van der Waals surface area contributed by atoms with Crippen molar-refractivity contribution in [3.05, 3.63) is 36.0 Å². The van der Waals surface area contributed by atoms with Crippen LogP contribution in [0.5, 0.6) is 0 Å². The summed E-state index contributed by atoms with van der Waals surface area (Å²) >= 11 is 0. The van der Waals surface area contributed by atoms with Gasteiger partial charge in [-0.05, 0) is 44.1 Å². The summed E-state index contributed by atoms with van der Waals surface area (Å²) in [4.78, 5) is 45.2. The molecule has 0 aromatic heterocycles. The van der Waals surface area contributed by atoms with E-state index in [4.69, 9.17) is 20.7 Å². The number of amides is 1. The number of carboxylic acids is 2. The SMILES string of the molecule is COC(/C=C/CC/C=C/C(=O)O)C(O)C(C)/C=C(\C)C(O)C(C)C(=O)CCCC(CC(N)=O)CC(=O)O. The van der Waals surface area contributed by atoms with Crippen LogP contribution in [0.4, 0.5) is 0 Å². The van der Waals surface area contributed by atoms with Gasteiger partial charge >= 0.3 is 11.9 Å². The molecule has 0 saturated heterocycles. The lowest BCUT2D eigenvalue weighted by Gasteiger charge is -2.25. The lowest BCUT2D eigenvalue weighted by Crippen LogP contribution is -2.32. The van der Waals surface area contributed by atoms with Crippen molar-refractivity contribution < 1.29 is 44.3 Å². The van der Waals surface area contributed by atoms with E-state index in [1.165, 1.54) is 7.11 Å². The molecule has 0 aromatic carbocycles. The van der Waals surface area contributed by atoms with Gasteiger partial charge in [-0.3, -0.25) is 14.4 Å². The number of aliphatic carboxylic acids is 2. The molecule has 1 amide bonds. The van der Waals surface area contributed by atoms with Gasteiger partial charge in [0.1, 0.15) is 11.9 Å². The number of allylic oxidation sites excluding steroid dienone is 2. The summed E-state index contributed by atoms with van der Waals surface area (Å²) < 4.78 is 5.36. The fourth-order valence-electron chi connectivity index (χ4n) is 4.02. The summed E-state index contributed by atoms with van der Waals surface area (Å²) in [5.74, 6) is -4.34. The molecule has 0 heterocycles. The van der Waals surface area contributed by atoms with E-state index in [1.54, 1.807) is 45.1 Å². The highest BCUT2D eigenvalue weighted by Gasteiger charge is 2.26. The van der Waals surface area contributed by atoms with E-state index in [9.17, 15) is 29.4 Å². The molecular weight excluding hydrogens is 482 g/mol. The highest BCUT2D eigenvalue weighted by atomic mass is 16.5. The third-order valence-corrected chi connectivity index (χ3v) is 6.20. The fourth-order valence-corrected chi connectivity index (χ4v) is 4.02. The standard InChI is InChI=1S/C27H43NO9/c1-17(14-18(2)27(36)22(37-4)12-7-5-6-8-13-24(31)32)26(35)19(3)21(29)11-9-10-20(15-23(28)30)16-25(33)34/h7-8,12-14,18-20,22,26-27,35-36H,5-6,9-11,15-16H2,1-4H3,(H2,28,30)(H,31,32)(H,33,34)/b12-7+,13-8+,17-14+. The summed E-state index contributed by atoms with van der Waals surface area (Å²) in [6.07, 6.45) is 6.98. The molecule has 0 radical (unpaired) electrons. The van der Waals surface area contributed by atoms with E-state index in [2.05, 4.69) is 0 Å². The molecule has 6 N–H and O–H groups in total. The van der Waals surface area contributed by atoms with E-state index < -0.39 is 53.9 Å². The molecule has 0 aliphatic rings. The number of carbonyl (C=O) groups is 4. The van der Waals surface area contributed by atoms with Crippen LogP contribution in [0, 0.1) is 17.8 Å². The highest BCUT2D eigenvalue weighted by Crippen LogP contribution is 2.22. The number of Topliss-reactive ketones (excluding diaryl/α,β-unsaturated/α-hetero) is 1. The molecular formula is C27H43NO9. The number of unbranched alkanes of at least 4 members (excludes halogenated alkanes) is 1. The Morgan fingerprint density at radius 1 is 1.00 bits per heavy atom. The second kappa shape index (κ2) is 18.4. The second-order valence-corrected chi connectivity index (χ2v) is 9.43. The Labute approximate surface area is 218 Å². The number of ether oxygens (including phenoxy) is 1. The van der Waals surface area contributed by atoms with Gasteiger partial charge in [-0.2, -0.15) is 0 Å². The zero-order valence-corrected chi connectivity index (χ0v) is 22.2. The normalized spacial score (nSPS) is 17.3. The van der Waals surface area contributed by atoms with Gasteiger partial charge in [0.05, 0.1) is 12.2 Å². The van der Waals surface area contributed by atoms with Crippen LogP contribution in [-0.4, -0.2) is 69.5 Å². The number of aliphatic hydroxyl groups is 2. The van der Waals surface area contributed by atoms with Crippen LogP contribution in [-0.2, 0) is 23.9 Å². The first-order chi connectivity index (χ1) is 17.3. The Bertz CT molecular complexity index is 818. The molecule has 0 fully saturated rings. The molecule has 10 nitrogen and oxygen atoms in total. The van der Waals surface area contributed by atoms with Gasteiger partial charge in [0, 0.05) is 44.3 Å². The minimum atomic E-state index is -1.06. The van der Waals surface area contributed by atoms with Crippen LogP contribution < -0.4 is 5.73 Å². The number of hydrogen-bond acceptors (Lipinski definition) is 7. The number of hydrogen-bond donors (Lipinski definition) is 5. The van der Waals surface area contributed by atoms with E-state index >= 15 is 0 Å². The first-order valence-corrected chi connectivity index (χ1v) is 12.5. The predicted octanol–water partition coefficient (Wildman–Crippen LogP) is 2.62. The number of ketones is 1. The Hall–Kier alpha value is -2.82. The van der Waals surface area contributed by atoms with E-state index in [-0.39, 0.29) is 25.0 Å². The molecule has 37 heavy (non-hydrogen) atoms. The molecule has 0 aliphatic heterocycles. The molecule has 0 rings (SSSR count). The molecule has 6 atom stereocenters. The minimum Gasteiger partial charge on any atom is -0.481 e. The number of carboxylic acid groups (broad SMARTS) is 2. The summed E-state index contributed by atoms with van der Waals surface area (Å²) in [7, 11) is 1.46. The topological polar surface area (TPSA) is 184 Å². The number of methoxy groups -OCH3 is 1. The maximum atomic E-state index is 12.6. The van der Waals surface area contributed by atoms with Crippen molar-refractivity contribution >= 4 is 23.6 Å². The average Bonchev–Trinajstić information content (AvgIpc) is 2.80. The molecule has 10 heteroatoms. The van der Waals surface area contributed by atoms with Crippen LogP contribution in [0.3, 0.4) is 0 Å². The maximum Gasteiger partial charge on any atom is 0.327 e. The molecule has 210 valence electrons. The molecule has 6 unspecified atom stereocenters. The number of nitrogens with two attached hydrogens (primary N) is 1. The van der Waals surface area contributed by atoms with Crippen molar-refractivity contribution in [2.45, 2.75) is 84.0 Å². The largest absolute Gasteiger partial charge is 0.481 e. The van der Waals surface area contributed by atoms with Crippen LogP contribution in [0.2, 0.25) is 0 Å². The number of rotatable bonds is 20. The van der Waals surface area contributed by atoms with Crippen molar-refractivity contribution in [1.82, 2.24) is 0 Å². The average molecular weight is 526 g/mol. The molecule has 0 bridgehead atoms. The Kier molecular flexibility index (Phi) is 17.0. The van der Waals surface area contributed by atoms with Crippen molar-refractivity contribution in [1.29, 1.82) is 0 Å². The molecule has 0 aromatic rings. The van der Waals surface area contributed by atoms with Gasteiger partial charge in [-0.1, -0.05) is 38.2 Å². The molecule has 0 saturated carbocycles. The van der Waals surface area contributed by atoms with Crippen LogP contribution in [0.25, 0.3) is 0 Å². The summed E-state index contributed by atoms with van der Waals surface area (Å²) in [6, 6.07) is 0. The van der Waals surface area contributed by atoms with Crippen LogP contribution in [0.15, 0.2) is 36.0 Å². The maximum absolute atomic E-state index is 12.6. The second-order valence-electron chi connectivity index (χ2n) is 9.43. The van der Waals surface area contributed by atoms with Gasteiger partial charge in [-0.25, -0.2) is 4.79 Å². The number of aliphatic hydroxyl groups excluding tert-OH is 2. The summed E-state index contributed by atoms with van der Waals surface area (Å²) in [6.45, 7) is 5.06. The van der Waals surface area contributed by atoms with E-state index in [1.807, 2.05) is 0 Å². The highest BCUT2D eigenvalue weighted by molar-refractivity contribution is 5.81. The summed E-state index contributed by atoms with van der Waals surface area (Å²) in [5.41, 5.74) is 5.70. The quantitative estimate of drug-likeness (QED) is 0.0905. The van der Waals surface area contributed by atoms with Gasteiger partial charge in [0.25, 0.3) is 0 Å². The Balaban J connectivity index is 4.92. The Morgan fingerprint density at radius 3 is 2.16 bits per heavy atom. The minimum absolute atomic E-state index is 0.0554. The predicted molar refractivity (Wildman–Crippen MR) is 138 cm³/mol. The van der Waals surface area contributed by atoms with Crippen LogP contribution >= 0.6 is 0 Å². The monoisotopic (exact) mass is 525 g/mol. The lowest BCUT2D eigenvalue weighted by atomic mass is 9.87. The van der Waals surface area contributed by atoms with Crippen molar-refractivity contribution in [2.24, 2.45) is 23.5 Å². The third-order valence-electron chi connectivity index (χ3n) is 6.20. The zero-order chi connectivity index (χ0) is 28.5. The smallest absolute Gasteiger partial charge is 0.327 e. The van der Waals surface area contributed by atoms with Gasteiger partial charge in [-0.15, -0.1) is 0 Å². The van der Waals surface area contributed by atoms with Crippen molar-refractivity contribution in [3.63, 3.8) is 0 Å². The third kappa shape index (κ3) is 15.1. The number of carbonyl (C=O) groups excluding carboxylic acids is 2. The first-order valence-electron chi connectivity index (χ1n) is 12.5. The lowest BCUT2D eigenvalue weighted by molar-refractivity contribution is -0.138.